The van der Waals surface area contributed by atoms with Crippen LogP contribution in [-0.4, -0.2) is 70.2 Å². The van der Waals surface area contributed by atoms with E-state index in [1.807, 2.05) is 14.1 Å². The second-order valence-corrected chi connectivity index (χ2v) is 10.8. The Morgan fingerprint density at radius 1 is 1.24 bits per heavy atom. The van der Waals surface area contributed by atoms with Gasteiger partial charge in [0.15, 0.2) is 0 Å². The number of hydrogen-bond donors (Lipinski definition) is 3. The summed E-state index contributed by atoms with van der Waals surface area (Å²) >= 11 is 6.01. The Bertz CT molecular complexity index is 1420. The molecule has 2 aromatic carbocycles. The van der Waals surface area contributed by atoms with Crippen LogP contribution in [0.2, 0.25) is 5.02 Å². The van der Waals surface area contributed by atoms with Crippen LogP contribution in [0.5, 0.6) is 5.75 Å². The van der Waals surface area contributed by atoms with Gasteiger partial charge in [-0.05, 0) is 52.4 Å². The Morgan fingerprint density at radius 2 is 1.93 bits per heavy atom. The topological polar surface area (TPSA) is 142 Å². The van der Waals surface area contributed by atoms with E-state index in [4.69, 9.17) is 16.3 Å². The second kappa shape index (κ2) is 12.4. The lowest BCUT2D eigenvalue weighted by Crippen LogP contribution is -2.37. The van der Waals surface area contributed by atoms with Gasteiger partial charge in [0.05, 0.1) is 28.3 Å². The first-order valence-electron chi connectivity index (χ1n) is 13.2. The van der Waals surface area contributed by atoms with Crippen molar-refractivity contribution in [2.45, 2.75) is 44.8 Å². The smallest absolute Gasteiger partial charge is 0.294 e. The summed E-state index contributed by atoms with van der Waals surface area (Å²) in [5, 5.41) is 28.8. The molecular formula is C27H34ClFN8O4. The zero-order valence-corrected chi connectivity index (χ0v) is 24.4. The number of nitrogens with one attached hydrogen (secondary N) is 2. The number of aliphatic hydroxyl groups is 1. The van der Waals surface area contributed by atoms with Crippen molar-refractivity contribution in [1.82, 2.24) is 19.9 Å². The molecule has 0 saturated carbocycles. The van der Waals surface area contributed by atoms with Crippen LogP contribution in [0, 0.1) is 15.9 Å². The van der Waals surface area contributed by atoms with Crippen molar-refractivity contribution in [2.75, 3.05) is 49.8 Å². The number of nitro benzene ring substituents is 1. The summed E-state index contributed by atoms with van der Waals surface area (Å²) < 4.78 is 19.8. The van der Waals surface area contributed by atoms with Crippen LogP contribution in [0.1, 0.15) is 38.7 Å². The largest absolute Gasteiger partial charge is 0.494 e. The summed E-state index contributed by atoms with van der Waals surface area (Å²) in [6.45, 7) is 4.81. The van der Waals surface area contributed by atoms with Crippen LogP contribution in [0.3, 0.4) is 0 Å². The van der Waals surface area contributed by atoms with Crippen molar-refractivity contribution in [2.24, 2.45) is 0 Å². The molecule has 3 aromatic rings. The van der Waals surface area contributed by atoms with Crippen molar-refractivity contribution >= 4 is 46.2 Å². The van der Waals surface area contributed by atoms with Gasteiger partial charge in [0.2, 0.25) is 11.9 Å². The zero-order valence-electron chi connectivity index (χ0n) is 23.6. The molecule has 0 spiro atoms. The lowest BCUT2D eigenvalue weighted by atomic mass is 9.91. The van der Waals surface area contributed by atoms with E-state index in [-0.39, 0.29) is 34.2 Å². The van der Waals surface area contributed by atoms with Crippen molar-refractivity contribution in [3.63, 3.8) is 0 Å². The highest BCUT2D eigenvalue weighted by Gasteiger charge is 2.32. The molecule has 2 heterocycles. The maximum absolute atomic E-state index is 14.2. The number of rotatable bonds is 11. The Kier molecular flexibility index (Phi) is 9.10. The molecular weight excluding hydrogens is 555 g/mol. The first-order valence-corrected chi connectivity index (χ1v) is 13.5. The second-order valence-electron chi connectivity index (χ2n) is 10.4. The molecule has 0 amide bonds. The molecule has 41 heavy (non-hydrogen) atoms. The van der Waals surface area contributed by atoms with Gasteiger partial charge in [-0.1, -0.05) is 18.5 Å². The monoisotopic (exact) mass is 588 g/mol. The summed E-state index contributed by atoms with van der Waals surface area (Å²) in [5.74, 6) is -0.140. The minimum atomic E-state index is -1.35. The summed E-state index contributed by atoms with van der Waals surface area (Å²) in [6.07, 6.45) is 3.43. The Hall–Kier alpha value is -3.81. The third kappa shape index (κ3) is 6.75. The molecule has 4 rings (SSSR count). The molecule has 1 aliphatic rings. The fourth-order valence-corrected chi connectivity index (χ4v) is 5.07. The fourth-order valence-electron chi connectivity index (χ4n) is 4.91. The zero-order chi connectivity index (χ0) is 29.9. The average Bonchev–Trinajstić information content (AvgIpc) is 3.37. The van der Waals surface area contributed by atoms with Gasteiger partial charge in [0.25, 0.3) is 5.69 Å². The molecule has 12 nitrogen and oxygen atoms in total. The van der Waals surface area contributed by atoms with Crippen molar-refractivity contribution < 1.29 is 19.2 Å². The number of benzene rings is 2. The maximum atomic E-state index is 14.2. The van der Waals surface area contributed by atoms with Gasteiger partial charge in [-0.2, -0.15) is 4.98 Å². The average molecular weight is 589 g/mol. The van der Waals surface area contributed by atoms with Crippen molar-refractivity contribution in [3.8, 4) is 5.75 Å². The molecule has 0 bridgehead atoms. The van der Waals surface area contributed by atoms with Gasteiger partial charge in [-0.3, -0.25) is 10.1 Å². The van der Waals surface area contributed by atoms with Gasteiger partial charge in [-0.25, -0.2) is 14.4 Å². The first-order chi connectivity index (χ1) is 19.4. The van der Waals surface area contributed by atoms with Crippen LogP contribution in [0.4, 0.5) is 39.0 Å². The molecule has 1 unspecified atom stereocenters. The van der Waals surface area contributed by atoms with Gasteiger partial charge in [-0.15, -0.1) is 0 Å². The van der Waals surface area contributed by atoms with Gasteiger partial charge in [0.1, 0.15) is 23.6 Å². The molecule has 1 saturated heterocycles. The molecule has 2 atom stereocenters. The standard InChI is InChI=1S/C27H34ClFN8O4/c1-6-27(2,38)17-10-19(29)18(28)11-20(17)32-25-30-15-31-26(34-25)33-21-12-23(37(39)40)22(13-24(21)41-5)36-9-7-8-16(36)14-35(3)4/h10-13,15-16,38H,6-9,14H2,1-5H3,(H2,30,31,32,33,34)/t16-,27?/m0/s1. The summed E-state index contributed by atoms with van der Waals surface area (Å²) in [4.78, 5) is 28.5. The molecule has 14 heteroatoms. The van der Waals surface area contributed by atoms with Gasteiger partial charge < -0.3 is 30.3 Å². The van der Waals surface area contributed by atoms with E-state index in [0.717, 1.165) is 19.4 Å². The molecule has 3 N–H and O–H groups in total. The number of likely N-dealkylation sites (N-methyl/N-ethyl adjacent to an activating group) is 1. The number of hydrogen-bond acceptors (Lipinski definition) is 11. The summed E-state index contributed by atoms with van der Waals surface area (Å²) in [6, 6.07) is 5.73. The fraction of sp³-hybridized carbons (Fsp3) is 0.444. The highest BCUT2D eigenvalue weighted by molar-refractivity contribution is 6.31. The minimum absolute atomic E-state index is 0.0706. The van der Waals surface area contributed by atoms with Crippen LogP contribution in [-0.2, 0) is 5.60 Å². The molecule has 1 aliphatic heterocycles. The van der Waals surface area contributed by atoms with E-state index >= 15 is 0 Å². The van der Waals surface area contributed by atoms with Crippen LogP contribution in [0.25, 0.3) is 0 Å². The van der Waals surface area contributed by atoms with E-state index in [1.165, 1.54) is 31.6 Å². The lowest BCUT2D eigenvalue weighted by molar-refractivity contribution is -0.384. The number of halogens is 2. The van der Waals surface area contributed by atoms with Crippen LogP contribution < -0.4 is 20.3 Å². The minimum Gasteiger partial charge on any atom is -0.494 e. The molecule has 0 radical (unpaired) electrons. The highest BCUT2D eigenvalue weighted by Crippen LogP contribution is 2.42. The third-order valence-corrected chi connectivity index (χ3v) is 7.44. The van der Waals surface area contributed by atoms with E-state index in [0.29, 0.717) is 35.8 Å². The van der Waals surface area contributed by atoms with E-state index in [1.54, 1.807) is 19.9 Å². The predicted molar refractivity (Wildman–Crippen MR) is 156 cm³/mol. The first kappa shape index (κ1) is 30.2. The van der Waals surface area contributed by atoms with Crippen LogP contribution >= 0.6 is 11.6 Å². The SMILES string of the molecule is CCC(C)(O)c1cc(F)c(Cl)cc1Nc1ncnc(Nc2cc([N+](=O)[O-])c(N3CCC[C@H]3CN(C)C)cc2OC)n1. The van der Waals surface area contributed by atoms with Gasteiger partial charge in [0, 0.05) is 42.5 Å². The van der Waals surface area contributed by atoms with E-state index in [9.17, 15) is 19.6 Å². The number of methoxy groups -OCH3 is 1. The summed E-state index contributed by atoms with van der Waals surface area (Å²) in [7, 11) is 5.44. The van der Waals surface area contributed by atoms with Crippen molar-refractivity contribution in [3.05, 3.63) is 57.1 Å². The normalized spacial score (nSPS) is 16.5. The number of nitro groups is 1. The molecule has 1 fully saturated rings. The molecule has 0 aliphatic carbocycles. The molecule has 220 valence electrons. The Labute approximate surface area is 242 Å². The maximum Gasteiger partial charge on any atom is 0.294 e. The molecule has 1 aromatic heterocycles. The Balaban J connectivity index is 1.66. The highest BCUT2D eigenvalue weighted by atomic mass is 35.5. The number of anilines is 5. The summed E-state index contributed by atoms with van der Waals surface area (Å²) in [5.41, 5.74) is -0.0447. The van der Waals surface area contributed by atoms with E-state index < -0.39 is 16.3 Å². The quantitative estimate of drug-likeness (QED) is 0.200. The number of ether oxygens (including phenoxy) is 1. The predicted octanol–water partition coefficient (Wildman–Crippen LogP) is 5.22. The number of nitrogens with zero attached hydrogens (tertiary/aromatic N) is 6. The Morgan fingerprint density at radius 3 is 2.54 bits per heavy atom. The van der Waals surface area contributed by atoms with Gasteiger partial charge >= 0.3 is 0 Å². The number of aromatic nitrogens is 3. The van der Waals surface area contributed by atoms with E-state index in [2.05, 4.69) is 35.4 Å². The van der Waals surface area contributed by atoms with Crippen molar-refractivity contribution in [1.29, 1.82) is 0 Å². The lowest BCUT2D eigenvalue weighted by Gasteiger charge is -2.29. The third-order valence-electron chi connectivity index (χ3n) is 7.15. The van der Waals surface area contributed by atoms with Crippen LogP contribution in [0.15, 0.2) is 30.6 Å².